The van der Waals surface area contributed by atoms with Crippen molar-refractivity contribution in [3.05, 3.63) is 58.7 Å². The Balaban J connectivity index is 1.36. The van der Waals surface area contributed by atoms with E-state index < -0.39 is 0 Å². The van der Waals surface area contributed by atoms with Gasteiger partial charge < -0.3 is 24.8 Å². The fraction of sp³-hybridized carbons (Fsp3) is 0.480. The lowest BCUT2D eigenvalue weighted by atomic mass is 10.1. The molecule has 1 unspecified atom stereocenters. The molecule has 2 heterocycles. The summed E-state index contributed by atoms with van der Waals surface area (Å²) in [5, 5.41) is 6.80. The number of benzene rings is 2. The number of nitrogens with zero attached hydrogens (tertiary/aromatic N) is 1. The van der Waals surface area contributed by atoms with E-state index in [1.165, 1.54) is 16.7 Å². The van der Waals surface area contributed by atoms with E-state index >= 15 is 0 Å². The van der Waals surface area contributed by atoms with Gasteiger partial charge in [-0.15, -0.1) is 0 Å². The molecule has 0 aromatic heterocycles. The molecule has 0 radical (unpaired) electrons. The smallest absolute Gasteiger partial charge is 0.191 e. The van der Waals surface area contributed by atoms with Crippen LogP contribution in [0.3, 0.4) is 0 Å². The molecule has 2 aromatic carbocycles. The summed E-state index contributed by atoms with van der Waals surface area (Å²) in [6.07, 6.45) is 3.02. The Kier molecular flexibility index (Phi) is 7.30. The van der Waals surface area contributed by atoms with Crippen LogP contribution in [0.4, 0.5) is 0 Å². The molecule has 2 aliphatic rings. The topological polar surface area (TPSA) is 64.1 Å². The molecular formula is C25H33N3O3. The Hall–Kier alpha value is -2.73. The van der Waals surface area contributed by atoms with Gasteiger partial charge in [-0.2, -0.15) is 0 Å². The molecular weight excluding hydrogens is 390 g/mol. The molecule has 2 aliphatic heterocycles. The SMILES string of the molecule is CCNC(=NCc1ccc(C)cc1OC1CCOC1)NCCc1ccc2c(c1)CCO2. The molecule has 31 heavy (non-hydrogen) atoms. The zero-order valence-electron chi connectivity index (χ0n) is 18.6. The highest BCUT2D eigenvalue weighted by Gasteiger charge is 2.18. The molecule has 6 nitrogen and oxygen atoms in total. The van der Waals surface area contributed by atoms with E-state index in [-0.39, 0.29) is 6.10 Å². The molecule has 6 heteroatoms. The lowest BCUT2D eigenvalue weighted by Crippen LogP contribution is -2.38. The van der Waals surface area contributed by atoms with E-state index in [2.05, 4.69) is 60.9 Å². The molecule has 4 rings (SSSR count). The number of guanidine groups is 1. The fourth-order valence-corrected chi connectivity index (χ4v) is 3.91. The van der Waals surface area contributed by atoms with Crippen LogP contribution in [0.2, 0.25) is 0 Å². The van der Waals surface area contributed by atoms with E-state index in [1.807, 2.05) is 0 Å². The minimum Gasteiger partial charge on any atom is -0.493 e. The van der Waals surface area contributed by atoms with E-state index in [9.17, 15) is 0 Å². The van der Waals surface area contributed by atoms with Gasteiger partial charge >= 0.3 is 0 Å². The van der Waals surface area contributed by atoms with Crippen LogP contribution in [-0.4, -0.2) is 45.0 Å². The van der Waals surface area contributed by atoms with Gasteiger partial charge in [-0.25, -0.2) is 4.99 Å². The van der Waals surface area contributed by atoms with Crippen molar-refractivity contribution in [2.75, 3.05) is 32.9 Å². The molecule has 0 saturated carbocycles. The molecule has 1 saturated heterocycles. The largest absolute Gasteiger partial charge is 0.493 e. The monoisotopic (exact) mass is 423 g/mol. The Morgan fingerprint density at radius 1 is 1.16 bits per heavy atom. The van der Waals surface area contributed by atoms with Gasteiger partial charge in [0.2, 0.25) is 0 Å². The first kappa shape index (κ1) is 21.5. The first-order valence-electron chi connectivity index (χ1n) is 11.3. The Labute approximate surface area is 185 Å². The van der Waals surface area contributed by atoms with Crippen molar-refractivity contribution >= 4 is 5.96 Å². The Morgan fingerprint density at radius 3 is 2.94 bits per heavy atom. The van der Waals surface area contributed by atoms with Crippen molar-refractivity contribution in [1.82, 2.24) is 10.6 Å². The number of aryl methyl sites for hydroxylation is 1. The summed E-state index contributed by atoms with van der Waals surface area (Å²) < 4.78 is 17.3. The zero-order valence-corrected chi connectivity index (χ0v) is 18.6. The first-order chi connectivity index (χ1) is 15.2. The molecule has 166 valence electrons. The van der Waals surface area contributed by atoms with Gasteiger partial charge in [0.15, 0.2) is 5.96 Å². The maximum absolute atomic E-state index is 6.21. The summed E-state index contributed by atoms with van der Waals surface area (Å²) in [5.74, 6) is 2.77. The summed E-state index contributed by atoms with van der Waals surface area (Å²) in [6, 6.07) is 12.8. The fourth-order valence-electron chi connectivity index (χ4n) is 3.91. The maximum atomic E-state index is 6.21. The number of nitrogens with one attached hydrogen (secondary N) is 2. The number of hydrogen-bond acceptors (Lipinski definition) is 4. The second kappa shape index (κ2) is 10.5. The Morgan fingerprint density at radius 2 is 2.10 bits per heavy atom. The summed E-state index contributed by atoms with van der Waals surface area (Å²) in [7, 11) is 0. The van der Waals surface area contributed by atoms with Crippen LogP contribution >= 0.6 is 0 Å². The summed E-state index contributed by atoms with van der Waals surface area (Å²) in [4.78, 5) is 4.80. The average Bonchev–Trinajstić information content (AvgIpc) is 3.44. The molecule has 0 aliphatic carbocycles. The van der Waals surface area contributed by atoms with Crippen LogP contribution in [0.1, 0.15) is 35.6 Å². The third-order valence-corrected chi connectivity index (χ3v) is 5.62. The maximum Gasteiger partial charge on any atom is 0.191 e. The van der Waals surface area contributed by atoms with Crippen molar-refractivity contribution in [2.45, 2.75) is 45.8 Å². The highest BCUT2D eigenvalue weighted by molar-refractivity contribution is 5.79. The van der Waals surface area contributed by atoms with Crippen LogP contribution in [0.25, 0.3) is 0 Å². The highest BCUT2D eigenvalue weighted by atomic mass is 16.5. The normalized spacial score (nSPS) is 17.9. The quantitative estimate of drug-likeness (QED) is 0.503. The third-order valence-electron chi connectivity index (χ3n) is 5.62. The van der Waals surface area contributed by atoms with Crippen LogP contribution in [0.15, 0.2) is 41.4 Å². The number of aliphatic imine (C=N–C) groups is 1. The van der Waals surface area contributed by atoms with Gasteiger partial charge in [-0.1, -0.05) is 24.3 Å². The minimum absolute atomic E-state index is 0.133. The molecule has 1 fully saturated rings. The lowest BCUT2D eigenvalue weighted by molar-refractivity contribution is 0.140. The Bertz CT molecular complexity index is 907. The van der Waals surface area contributed by atoms with E-state index in [0.717, 1.165) is 68.6 Å². The lowest BCUT2D eigenvalue weighted by Gasteiger charge is -2.16. The molecule has 2 aromatic rings. The second-order valence-corrected chi connectivity index (χ2v) is 8.13. The molecule has 0 spiro atoms. The molecule has 1 atom stereocenters. The predicted molar refractivity (Wildman–Crippen MR) is 123 cm³/mol. The zero-order chi connectivity index (χ0) is 21.5. The predicted octanol–water partition coefficient (Wildman–Crippen LogP) is 3.40. The van der Waals surface area contributed by atoms with Gasteiger partial charge in [0, 0.05) is 31.5 Å². The van der Waals surface area contributed by atoms with Crippen LogP contribution in [0, 0.1) is 6.92 Å². The minimum atomic E-state index is 0.133. The summed E-state index contributed by atoms with van der Waals surface area (Å²) in [5.41, 5.74) is 4.91. The van der Waals surface area contributed by atoms with Crippen molar-refractivity contribution in [1.29, 1.82) is 0 Å². The highest BCUT2D eigenvalue weighted by Crippen LogP contribution is 2.26. The number of ether oxygens (including phenoxy) is 3. The van der Waals surface area contributed by atoms with Crippen molar-refractivity contribution in [3.8, 4) is 11.5 Å². The van der Waals surface area contributed by atoms with Gasteiger partial charge in [0.05, 0.1) is 26.4 Å². The molecule has 0 amide bonds. The van der Waals surface area contributed by atoms with Gasteiger partial charge in [-0.3, -0.25) is 0 Å². The van der Waals surface area contributed by atoms with Crippen molar-refractivity contribution in [3.63, 3.8) is 0 Å². The van der Waals surface area contributed by atoms with Crippen LogP contribution in [-0.2, 0) is 24.1 Å². The van der Waals surface area contributed by atoms with Gasteiger partial charge in [-0.05, 0) is 49.1 Å². The number of rotatable bonds is 8. The van der Waals surface area contributed by atoms with Crippen LogP contribution in [0.5, 0.6) is 11.5 Å². The first-order valence-corrected chi connectivity index (χ1v) is 11.3. The van der Waals surface area contributed by atoms with E-state index in [4.69, 9.17) is 19.2 Å². The van der Waals surface area contributed by atoms with Gasteiger partial charge in [0.1, 0.15) is 17.6 Å². The van der Waals surface area contributed by atoms with Crippen LogP contribution < -0.4 is 20.1 Å². The number of hydrogen-bond donors (Lipinski definition) is 2. The standard InChI is InChI=1S/C25H33N3O3/c1-3-26-25(27-11-8-19-5-7-23-20(15-19)9-13-30-23)28-16-21-6-4-18(2)14-24(21)31-22-10-12-29-17-22/h4-7,14-15,22H,3,8-13,16-17H2,1-2H3,(H2,26,27,28). The second-order valence-electron chi connectivity index (χ2n) is 8.13. The van der Waals surface area contributed by atoms with Crippen molar-refractivity contribution in [2.24, 2.45) is 4.99 Å². The molecule has 2 N–H and O–H groups in total. The summed E-state index contributed by atoms with van der Waals surface area (Å²) >= 11 is 0. The number of fused-ring (bicyclic) bond motifs is 1. The average molecular weight is 424 g/mol. The molecule has 0 bridgehead atoms. The van der Waals surface area contributed by atoms with Crippen molar-refractivity contribution < 1.29 is 14.2 Å². The van der Waals surface area contributed by atoms with E-state index in [0.29, 0.717) is 13.2 Å². The summed E-state index contributed by atoms with van der Waals surface area (Å²) in [6.45, 7) is 8.60. The van der Waals surface area contributed by atoms with E-state index in [1.54, 1.807) is 0 Å². The van der Waals surface area contributed by atoms with Gasteiger partial charge in [0.25, 0.3) is 0 Å². The third kappa shape index (κ3) is 5.91.